The predicted molar refractivity (Wildman–Crippen MR) is 110 cm³/mol. The van der Waals surface area contributed by atoms with Crippen molar-refractivity contribution in [2.24, 2.45) is 0 Å². The Labute approximate surface area is 164 Å². The van der Waals surface area contributed by atoms with Crippen LogP contribution in [-0.2, 0) is 0 Å². The van der Waals surface area contributed by atoms with E-state index < -0.39 is 5.60 Å². The lowest BCUT2D eigenvalue weighted by atomic mass is 9.94. The molecule has 5 heteroatoms. The van der Waals surface area contributed by atoms with Crippen molar-refractivity contribution in [1.29, 1.82) is 0 Å². The normalized spacial score (nSPS) is 19.5. The predicted octanol–water partition coefficient (Wildman–Crippen LogP) is 3.06. The zero-order valence-electron chi connectivity index (χ0n) is 15.6. The Morgan fingerprint density at radius 1 is 1.07 bits per heavy atom. The molecule has 4 rings (SSSR count). The molecule has 4 N–H and O–H groups in total. The molecule has 0 aromatic heterocycles. The number of aliphatic hydroxyl groups is 1. The van der Waals surface area contributed by atoms with Gasteiger partial charge in [0, 0.05) is 24.2 Å². The number of benzene rings is 3. The van der Waals surface area contributed by atoms with Crippen molar-refractivity contribution in [1.82, 2.24) is 10.6 Å². The first-order valence-corrected chi connectivity index (χ1v) is 9.58. The van der Waals surface area contributed by atoms with Gasteiger partial charge in [0.2, 0.25) is 0 Å². The van der Waals surface area contributed by atoms with Gasteiger partial charge in [0.15, 0.2) is 0 Å². The highest BCUT2D eigenvalue weighted by Crippen LogP contribution is 2.36. The summed E-state index contributed by atoms with van der Waals surface area (Å²) in [6, 6.07) is 18.6. The van der Waals surface area contributed by atoms with Crippen LogP contribution in [0.25, 0.3) is 21.9 Å². The van der Waals surface area contributed by atoms with Crippen LogP contribution in [0.2, 0.25) is 0 Å². The van der Waals surface area contributed by atoms with E-state index in [2.05, 4.69) is 10.6 Å². The number of piperidine rings is 1. The molecule has 1 aliphatic rings. The van der Waals surface area contributed by atoms with E-state index >= 15 is 0 Å². The Morgan fingerprint density at radius 3 is 2.61 bits per heavy atom. The average Bonchev–Trinajstić information content (AvgIpc) is 2.73. The molecule has 28 heavy (non-hydrogen) atoms. The molecule has 0 aliphatic carbocycles. The molecule has 1 unspecified atom stereocenters. The van der Waals surface area contributed by atoms with Gasteiger partial charge >= 0.3 is 0 Å². The third-order valence-electron chi connectivity index (χ3n) is 5.37. The van der Waals surface area contributed by atoms with Gasteiger partial charge in [0.1, 0.15) is 5.75 Å². The van der Waals surface area contributed by atoms with Crippen molar-refractivity contribution in [3.63, 3.8) is 0 Å². The Kier molecular flexibility index (Phi) is 5.03. The summed E-state index contributed by atoms with van der Waals surface area (Å²) < 4.78 is 0. The number of phenolic OH excluding ortho intramolecular Hbond substituents is 1. The molecule has 0 radical (unpaired) electrons. The standard InChI is InChI=1S/C23H24N2O3/c26-20-11-10-16-4-1-2-5-19(16)21(20)17-6-8-18(9-7-17)22(27)25-15-23(28)12-3-13-24-14-23/h1-2,4-11,24,26,28H,3,12-15H2,(H,25,27). The van der Waals surface area contributed by atoms with Gasteiger partial charge in [0.05, 0.1) is 5.60 Å². The smallest absolute Gasteiger partial charge is 0.251 e. The number of nitrogens with one attached hydrogen (secondary N) is 2. The van der Waals surface area contributed by atoms with Crippen LogP contribution in [0.5, 0.6) is 5.75 Å². The maximum Gasteiger partial charge on any atom is 0.251 e. The largest absolute Gasteiger partial charge is 0.507 e. The van der Waals surface area contributed by atoms with Gasteiger partial charge in [-0.15, -0.1) is 0 Å². The minimum Gasteiger partial charge on any atom is -0.507 e. The number of fused-ring (bicyclic) bond motifs is 1. The molecule has 1 fully saturated rings. The fourth-order valence-corrected chi connectivity index (χ4v) is 3.80. The van der Waals surface area contributed by atoms with Gasteiger partial charge in [-0.25, -0.2) is 0 Å². The molecule has 1 saturated heterocycles. The van der Waals surface area contributed by atoms with Gasteiger partial charge in [0.25, 0.3) is 5.91 Å². The summed E-state index contributed by atoms with van der Waals surface area (Å²) in [5.41, 5.74) is 1.24. The number of rotatable bonds is 4. The average molecular weight is 376 g/mol. The van der Waals surface area contributed by atoms with Crippen molar-refractivity contribution in [2.45, 2.75) is 18.4 Å². The summed E-state index contributed by atoms with van der Waals surface area (Å²) in [4.78, 5) is 12.5. The summed E-state index contributed by atoms with van der Waals surface area (Å²) >= 11 is 0. The highest BCUT2D eigenvalue weighted by molar-refractivity contribution is 6.00. The molecule has 1 aliphatic heterocycles. The molecule has 3 aromatic rings. The topological polar surface area (TPSA) is 81.6 Å². The van der Waals surface area contributed by atoms with E-state index in [4.69, 9.17) is 0 Å². The minimum absolute atomic E-state index is 0.211. The second-order valence-corrected chi connectivity index (χ2v) is 7.45. The molecular formula is C23H24N2O3. The Bertz CT molecular complexity index is 992. The van der Waals surface area contributed by atoms with Crippen LogP contribution in [0.3, 0.4) is 0 Å². The van der Waals surface area contributed by atoms with Crippen molar-refractivity contribution in [3.05, 3.63) is 66.2 Å². The van der Waals surface area contributed by atoms with E-state index in [1.165, 1.54) is 0 Å². The molecule has 0 bridgehead atoms. The fraction of sp³-hybridized carbons (Fsp3) is 0.261. The van der Waals surface area contributed by atoms with Crippen LogP contribution in [-0.4, -0.2) is 41.4 Å². The van der Waals surface area contributed by atoms with Crippen molar-refractivity contribution >= 4 is 16.7 Å². The molecular weight excluding hydrogens is 352 g/mol. The highest BCUT2D eigenvalue weighted by atomic mass is 16.3. The first-order chi connectivity index (χ1) is 13.6. The number of aromatic hydroxyl groups is 1. The summed E-state index contributed by atoms with van der Waals surface area (Å²) in [7, 11) is 0. The lowest BCUT2D eigenvalue weighted by Crippen LogP contribution is -2.52. The monoisotopic (exact) mass is 376 g/mol. The second kappa shape index (κ2) is 7.62. The molecule has 5 nitrogen and oxygen atoms in total. The number of amides is 1. The van der Waals surface area contributed by atoms with E-state index in [1.807, 2.05) is 42.5 Å². The highest BCUT2D eigenvalue weighted by Gasteiger charge is 2.29. The minimum atomic E-state index is -0.886. The SMILES string of the molecule is O=C(NCC1(O)CCCNC1)c1ccc(-c2c(O)ccc3ccccc23)cc1. The molecule has 1 atom stereocenters. The zero-order valence-corrected chi connectivity index (χ0v) is 15.6. The first-order valence-electron chi connectivity index (χ1n) is 9.58. The third kappa shape index (κ3) is 3.72. The summed E-state index contributed by atoms with van der Waals surface area (Å²) in [6.45, 7) is 1.62. The van der Waals surface area contributed by atoms with Crippen molar-refractivity contribution in [2.75, 3.05) is 19.6 Å². The van der Waals surface area contributed by atoms with Crippen LogP contribution in [0, 0.1) is 0 Å². The van der Waals surface area contributed by atoms with Gasteiger partial charge < -0.3 is 20.8 Å². The lowest BCUT2D eigenvalue weighted by molar-refractivity contribution is 0.0170. The second-order valence-electron chi connectivity index (χ2n) is 7.45. The summed E-state index contributed by atoms with van der Waals surface area (Å²) in [6.07, 6.45) is 1.58. The first kappa shape index (κ1) is 18.5. The summed E-state index contributed by atoms with van der Waals surface area (Å²) in [5.74, 6) is -0.00406. The maximum atomic E-state index is 12.5. The van der Waals surface area contributed by atoms with Crippen LogP contribution >= 0.6 is 0 Å². The van der Waals surface area contributed by atoms with Gasteiger partial charge in [-0.2, -0.15) is 0 Å². The van der Waals surface area contributed by atoms with Crippen LogP contribution in [0.4, 0.5) is 0 Å². The van der Waals surface area contributed by atoms with Gasteiger partial charge in [-0.3, -0.25) is 4.79 Å². The zero-order chi connectivity index (χ0) is 19.6. The number of phenols is 1. The van der Waals surface area contributed by atoms with Crippen molar-refractivity contribution < 1.29 is 15.0 Å². The van der Waals surface area contributed by atoms with E-state index in [1.54, 1.807) is 18.2 Å². The molecule has 144 valence electrons. The quantitative estimate of drug-likeness (QED) is 0.564. The fourth-order valence-electron chi connectivity index (χ4n) is 3.80. The molecule has 1 amide bonds. The van der Waals surface area contributed by atoms with Crippen LogP contribution in [0.15, 0.2) is 60.7 Å². The van der Waals surface area contributed by atoms with E-state index in [0.717, 1.165) is 34.9 Å². The molecule has 0 spiro atoms. The molecule has 1 heterocycles. The number of hydrogen-bond acceptors (Lipinski definition) is 4. The van der Waals surface area contributed by atoms with Gasteiger partial charge in [-0.05, 0) is 53.9 Å². The van der Waals surface area contributed by atoms with Gasteiger partial charge in [-0.1, -0.05) is 42.5 Å². The van der Waals surface area contributed by atoms with Crippen LogP contribution in [0.1, 0.15) is 23.2 Å². The Balaban J connectivity index is 1.53. The number of carbonyl (C=O) groups is 1. The molecule has 0 saturated carbocycles. The van der Waals surface area contributed by atoms with Crippen LogP contribution < -0.4 is 10.6 Å². The maximum absolute atomic E-state index is 12.5. The summed E-state index contributed by atoms with van der Waals surface area (Å²) in [5, 5.41) is 28.9. The van der Waals surface area contributed by atoms with Crippen molar-refractivity contribution in [3.8, 4) is 16.9 Å². The third-order valence-corrected chi connectivity index (χ3v) is 5.37. The van der Waals surface area contributed by atoms with E-state index in [0.29, 0.717) is 18.5 Å². The van der Waals surface area contributed by atoms with E-state index in [-0.39, 0.29) is 18.2 Å². The lowest BCUT2D eigenvalue weighted by Gasteiger charge is -2.32. The van der Waals surface area contributed by atoms with E-state index in [9.17, 15) is 15.0 Å². The number of β-amino-alcohol motifs (C(OH)–C–C–N with tert-alkyl or cyclic N) is 1. The number of carbonyl (C=O) groups excluding carboxylic acids is 1. The Hall–Kier alpha value is -2.89. The molecule has 3 aromatic carbocycles. The Morgan fingerprint density at radius 2 is 1.86 bits per heavy atom. The number of hydrogen-bond donors (Lipinski definition) is 4.